The summed E-state index contributed by atoms with van der Waals surface area (Å²) in [6.07, 6.45) is 1.08. The molecule has 16 heavy (non-hydrogen) atoms. The van der Waals surface area contributed by atoms with Crippen molar-refractivity contribution < 1.29 is 0 Å². The summed E-state index contributed by atoms with van der Waals surface area (Å²) in [6, 6.07) is 2.24. The molecule has 4 nitrogen and oxygen atoms in total. The van der Waals surface area contributed by atoms with Gasteiger partial charge in [-0.25, -0.2) is 0 Å². The number of aromatic nitrogens is 2. The van der Waals surface area contributed by atoms with Crippen LogP contribution in [0.2, 0.25) is 0 Å². The second kappa shape index (κ2) is 4.59. The largest absolute Gasteiger partial charge is 0.353 e. The lowest BCUT2D eigenvalue weighted by Crippen LogP contribution is -2.34. The number of thioether (sulfide) groups is 1. The minimum atomic E-state index is 0.873. The first-order valence-corrected chi connectivity index (χ1v) is 6.98. The van der Waals surface area contributed by atoms with Gasteiger partial charge < -0.3 is 10.2 Å². The second-order valence-electron chi connectivity index (χ2n) is 4.20. The molecule has 86 valence electrons. The summed E-state index contributed by atoms with van der Waals surface area (Å²) in [5.74, 6) is 3.49. The van der Waals surface area contributed by atoms with Gasteiger partial charge in [0.05, 0.1) is 5.69 Å². The summed E-state index contributed by atoms with van der Waals surface area (Å²) in [5.41, 5.74) is 2.50. The first-order chi connectivity index (χ1) is 7.93. The minimum Gasteiger partial charge on any atom is -0.353 e. The fraction of sp³-hybridized carbons (Fsp3) is 0.636. The van der Waals surface area contributed by atoms with Gasteiger partial charge in [0.25, 0.3) is 0 Å². The van der Waals surface area contributed by atoms with Crippen molar-refractivity contribution in [3.8, 4) is 0 Å². The zero-order chi connectivity index (χ0) is 10.8. The Morgan fingerprint density at radius 3 is 3.00 bits per heavy atom. The van der Waals surface area contributed by atoms with Gasteiger partial charge in [0.1, 0.15) is 0 Å². The highest BCUT2D eigenvalue weighted by molar-refractivity contribution is 7.99. The highest BCUT2D eigenvalue weighted by Crippen LogP contribution is 2.20. The van der Waals surface area contributed by atoms with Crippen LogP contribution >= 0.6 is 11.8 Å². The Hall–Kier alpha value is -0.810. The van der Waals surface area contributed by atoms with Crippen LogP contribution in [0.3, 0.4) is 0 Å². The van der Waals surface area contributed by atoms with Gasteiger partial charge in [-0.3, -0.25) is 0 Å². The van der Waals surface area contributed by atoms with Crippen LogP contribution in [0.15, 0.2) is 6.07 Å². The summed E-state index contributed by atoms with van der Waals surface area (Å²) in [7, 11) is 0. The number of fused-ring (bicyclic) bond motifs is 1. The molecule has 1 fully saturated rings. The predicted molar refractivity (Wildman–Crippen MR) is 67.0 cm³/mol. The van der Waals surface area contributed by atoms with Gasteiger partial charge in [0, 0.05) is 31.1 Å². The molecule has 1 aromatic rings. The van der Waals surface area contributed by atoms with E-state index >= 15 is 0 Å². The van der Waals surface area contributed by atoms with Crippen LogP contribution in [-0.2, 0) is 13.0 Å². The molecule has 0 aliphatic carbocycles. The molecule has 3 heterocycles. The fourth-order valence-electron chi connectivity index (χ4n) is 2.19. The van der Waals surface area contributed by atoms with E-state index in [1.165, 1.54) is 17.1 Å². The predicted octanol–water partition coefficient (Wildman–Crippen LogP) is 0.675. The molecule has 5 heteroatoms. The van der Waals surface area contributed by atoms with E-state index < -0.39 is 0 Å². The van der Waals surface area contributed by atoms with Crippen LogP contribution in [0.5, 0.6) is 0 Å². The van der Waals surface area contributed by atoms with Crippen molar-refractivity contribution in [2.45, 2.75) is 13.0 Å². The summed E-state index contributed by atoms with van der Waals surface area (Å²) in [5, 5.41) is 12.0. The zero-order valence-electron chi connectivity index (χ0n) is 9.28. The van der Waals surface area contributed by atoms with Gasteiger partial charge in [-0.15, -0.1) is 5.10 Å². The highest BCUT2D eigenvalue weighted by Gasteiger charge is 2.16. The number of nitrogens with one attached hydrogen (secondary N) is 1. The van der Waals surface area contributed by atoms with Gasteiger partial charge in [0.2, 0.25) is 0 Å². The van der Waals surface area contributed by atoms with Gasteiger partial charge in [-0.05, 0) is 24.6 Å². The van der Waals surface area contributed by atoms with Gasteiger partial charge >= 0.3 is 0 Å². The Bertz CT molecular complexity index is 376. The Balaban J connectivity index is 1.84. The number of anilines is 1. The number of hydrogen-bond donors (Lipinski definition) is 1. The lowest BCUT2D eigenvalue weighted by atomic mass is 10.1. The molecule has 1 N–H and O–H groups in total. The van der Waals surface area contributed by atoms with Crippen LogP contribution in [-0.4, -0.2) is 41.3 Å². The summed E-state index contributed by atoms with van der Waals surface area (Å²) < 4.78 is 0. The van der Waals surface area contributed by atoms with Crippen molar-refractivity contribution >= 4 is 17.6 Å². The molecule has 0 unspecified atom stereocenters. The zero-order valence-corrected chi connectivity index (χ0v) is 10.1. The molecule has 3 rings (SSSR count). The maximum Gasteiger partial charge on any atom is 0.151 e. The normalized spacial score (nSPS) is 20.6. The smallest absolute Gasteiger partial charge is 0.151 e. The van der Waals surface area contributed by atoms with E-state index in [1.807, 2.05) is 11.8 Å². The Morgan fingerprint density at radius 2 is 2.12 bits per heavy atom. The maximum absolute atomic E-state index is 4.34. The van der Waals surface area contributed by atoms with E-state index in [9.17, 15) is 0 Å². The van der Waals surface area contributed by atoms with E-state index in [2.05, 4.69) is 26.5 Å². The molecule has 0 amide bonds. The van der Waals surface area contributed by atoms with Crippen LogP contribution in [0.4, 0.5) is 5.82 Å². The number of rotatable bonds is 1. The first kappa shape index (κ1) is 10.4. The van der Waals surface area contributed by atoms with Crippen molar-refractivity contribution in [3.63, 3.8) is 0 Å². The molecule has 1 aromatic heterocycles. The van der Waals surface area contributed by atoms with Gasteiger partial charge in [0.15, 0.2) is 5.82 Å². The van der Waals surface area contributed by atoms with E-state index in [1.54, 1.807) is 0 Å². The van der Waals surface area contributed by atoms with Gasteiger partial charge in [-0.1, -0.05) is 0 Å². The SMILES string of the molecule is c1c(N2CCSCC2)nnc2c1CCNC2. The lowest BCUT2D eigenvalue weighted by molar-refractivity contribution is 0.614. The van der Waals surface area contributed by atoms with Gasteiger partial charge in [-0.2, -0.15) is 16.9 Å². The van der Waals surface area contributed by atoms with Crippen molar-refractivity contribution in [1.82, 2.24) is 15.5 Å². The molecule has 0 aromatic carbocycles. The standard InChI is InChI=1S/C11H16N4S/c1-2-12-8-10-9(1)7-11(14-13-10)15-3-5-16-6-4-15/h7,12H,1-6,8H2. The highest BCUT2D eigenvalue weighted by atomic mass is 32.2. The second-order valence-corrected chi connectivity index (χ2v) is 5.43. The Morgan fingerprint density at radius 1 is 1.25 bits per heavy atom. The third kappa shape index (κ3) is 2.01. The van der Waals surface area contributed by atoms with Crippen molar-refractivity contribution in [2.24, 2.45) is 0 Å². The van der Waals surface area contributed by atoms with E-state index in [-0.39, 0.29) is 0 Å². The summed E-state index contributed by atoms with van der Waals surface area (Å²) in [4.78, 5) is 2.35. The monoisotopic (exact) mass is 236 g/mol. The molecule has 1 saturated heterocycles. The molecule has 0 bridgehead atoms. The lowest BCUT2D eigenvalue weighted by Gasteiger charge is -2.28. The third-order valence-electron chi connectivity index (χ3n) is 3.15. The van der Waals surface area contributed by atoms with Crippen LogP contribution in [0.25, 0.3) is 0 Å². The molecule has 2 aliphatic rings. The molecular weight excluding hydrogens is 220 g/mol. The Kier molecular flexibility index (Phi) is 2.97. The number of hydrogen-bond acceptors (Lipinski definition) is 5. The minimum absolute atomic E-state index is 0.873. The fourth-order valence-corrected chi connectivity index (χ4v) is 3.09. The molecule has 2 aliphatic heterocycles. The van der Waals surface area contributed by atoms with Crippen molar-refractivity contribution in [1.29, 1.82) is 0 Å². The Labute approximate surface area is 99.8 Å². The van der Waals surface area contributed by atoms with Crippen LogP contribution in [0, 0.1) is 0 Å². The van der Waals surface area contributed by atoms with Crippen molar-refractivity contribution in [2.75, 3.05) is 36.0 Å². The summed E-state index contributed by atoms with van der Waals surface area (Å²) in [6.45, 7) is 4.15. The van der Waals surface area contributed by atoms with E-state index in [0.717, 1.165) is 44.1 Å². The average Bonchev–Trinajstić information content (AvgIpc) is 2.39. The van der Waals surface area contributed by atoms with Crippen LogP contribution in [0.1, 0.15) is 11.3 Å². The topological polar surface area (TPSA) is 41.1 Å². The third-order valence-corrected chi connectivity index (χ3v) is 4.09. The molecule has 0 atom stereocenters. The van der Waals surface area contributed by atoms with Crippen molar-refractivity contribution in [3.05, 3.63) is 17.3 Å². The molecule has 0 radical (unpaired) electrons. The van der Waals surface area contributed by atoms with E-state index in [0.29, 0.717) is 0 Å². The van der Waals surface area contributed by atoms with E-state index in [4.69, 9.17) is 0 Å². The average molecular weight is 236 g/mol. The summed E-state index contributed by atoms with van der Waals surface area (Å²) >= 11 is 2.02. The molecular formula is C11H16N4S. The van der Waals surface area contributed by atoms with Crippen LogP contribution < -0.4 is 10.2 Å². The number of nitrogens with zero attached hydrogens (tertiary/aromatic N) is 3. The maximum atomic E-state index is 4.34. The quantitative estimate of drug-likeness (QED) is 0.776. The molecule has 0 spiro atoms. The molecule has 0 saturated carbocycles. The first-order valence-electron chi connectivity index (χ1n) is 5.82.